The van der Waals surface area contributed by atoms with Gasteiger partial charge in [0.05, 0.1) is 15.7 Å². The Hall–Kier alpha value is -7.22. The van der Waals surface area contributed by atoms with Gasteiger partial charge in [0.2, 0.25) is 17.7 Å². The molecule has 0 aromatic heterocycles. The smallest absolute Gasteiger partial charge is 0.416 e. The molecule has 3 fully saturated rings. The van der Waals surface area contributed by atoms with Gasteiger partial charge in [-0.2, -0.15) is 0 Å². The zero-order valence-corrected chi connectivity index (χ0v) is 44.6. The SMILES string of the molecule is C=CC[C@@]1(C)C(=O)N(C(=O)c2ccccc2)CCN1Cc1ccccc1.C=CC[C@]1(C)CCCN(C(=O)OCC2c3ccccc3-c3ccccc32)C1=O.C=CC[C@]1(C)CCCN(S(=O)(=O)c2ccc(C)cc2)C1=O. The van der Waals surface area contributed by atoms with Crippen molar-refractivity contribution in [2.45, 2.75) is 95.5 Å². The van der Waals surface area contributed by atoms with Crippen LogP contribution in [0.15, 0.2) is 176 Å². The van der Waals surface area contributed by atoms with Gasteiger partial charge in [0.25, 0.3) is 15.9 Å². The van der Waals surface area contributed by atoms with Crippen LogP contribution in [0, 0.1) is 17.8 Å². The van der Waals surface area contributed by atoms with Gasteiger partial charge in [-0.1, -0.05) is 147 Å². The monoisotopic (exact) mass is 1030 g/mol. The summed E-state index contributed by atoms with van der Waals surface area (Å²) in [5.74, 6) is -0.875. The van der Waals surface area contributed by atoms with Gasteiger partial charge in [0.15, 0.2) is 0 Å². The molecule has 3 atom stereocenters. The second kappa shape index (κ2) is 24.0. The molecule has 0 N–H and O–H groups in total. The average molecular weight is 1030 g/mol. The molecule has 0 saturated carbocycles. The largest absolute Gasteiger partial charge is 0.448 e. The molecule has 3 aliphatic heterocycles. The first-order chi connectivity index (χ1) is 35.9. The third-order valence-corrected chi connectivity index (χ3v) is 16.9. The number of carbonyl (C=O) groups excluding carboxylic acids is 5. The van der Waals surface area contributed by atoms with Crippen molar-refractivity contribution in [3.8, 4) is 11.1 Å². The van der Waals surface area contributed by atoms with Crippen LogP contribution < -0.4 is 0 Å². The van der Waals surface area contributed by atoms with Crippen molar-refractivity contribution in [3.05, 3.63) is 199 Å². The van der Waals surface area contributed by atoms with E-state index in [1.807, 2.05) is 88.4 Å². The first-order valence-electron chi connectivity index (χ1n) is 25.8. The number of nitrogens with zero attached hydrogens (tertiary/aromatic N) is 4. The van der Waals surface area contributed by atoms with E-state index in [0.29, 0.717) is 63.8 Å². The second-order valence-corrected chi connectivity index (χ2v) is 22.4. The number of fused-ring (bicyclic) bond motifs is 3. The van der Waals surface area contributed by atoms with Crippen LogP contribution in [-0.2, 0) is 35.7 Å². The molecule has 75 heavy (non-hydrogen) atoms. The number of aryl methyl sites for hydroxylation is 1. The molecule has 12 nitrogen and oxygen atoms in total. The van der Waals surface area contributed by atoms with Gasteiger partial charge in [-0.3, -0.25) is 29.0 Å². The van der Waals surface area contributed by atoms with E-state index in [4.69, 9.17) is 4.74 Å². The van der Waals surface area contributed by atoms with Crippen LogP contribution in [-0.4, -0.2) is 95.5 Å². The predicted molar refractivity (Wildman–Crippen MR) is 294 cm³/mol. The number of allylic oxidation sites excluding steroid dienone is 2. The van der Waals surface area contributed by atoms with Crippen LogP contribution in [0.25, 0.3) is 11.1 Å². The molecule has 4 aliphatic rings. The first kappa shape index (κ1) is 55.5. The van der Waals surface area contributed by atoms with Gasteiger partial charge in [0.1, 0.15) is 12.1 Å². The van der Waals surface area contributed by atoms with Gasteiger partial charge >= 0.3 is 6.09 Å². The molecule has 3 saturated heterocycles. The minimum Gasteiger partial charge on any atom is -0.448 e. The Morgan fingerprint density at radius 1 is 0.613 bits per heavy atom. The Morgan fingerprint density at radius 3 is 1.71 bits per heavy atom. The minimum absolute atomic E-state index is 0.00389. The van der Waals surface area contributed by atoms with Crippen LogP contribution in [0.5, 0.6) is 0 Å². The van der Waals surface area contributed by atoms with E-state index in [-0.39, 0.29) is 47.6 Å². The van der Waals surface area contributed by atoms with E-state index < -0.39 is 32.5 Å². The van der Waals surface area contributed by atoms with Crippen LogP contribution >= 0.6 is 0 Å². The molecule has 0 bridgehead atoms. The summed E-state index contributed by atoms with van der Waals surface area (Å²) in [6.07, 6.45) is 9.14. The van der Waals surface area contributed by atoms with Crippen LogP contribution in [0.1, 0.15) is 104 Å². The lowest BCUT2D eigenvalue weighted by atomic mass is 9.78. The van der Waals surface area contributed by atoms with E-state index >= 15 is 0 Å². The zero-order valence-electron chi connectivity index (χ0n) is 43.8. The molecule has 13 heteroatoms. The Bertz CT molecular complexity index is 2970. The highest BCUT2D eigenvalue weighted by Crippen LogP contribution is 2.45. The van der Waals surface area contributed by atoms with Crippen molar-refractivity contribution in [2.75, 3.05) is 32.8 Å². The molecular weight excluding hydrogens is 961 g/mol. The summed E-state index contributed by atoms with van der Waals surface area (Å²) in [6.45, 7) is 21.4. The molecule has 0 radical (unpaired) electrons. The Labute approximate surface area is 443 Å². The fourth-order valence-corrected chi connectivity index (χ4v) is 12.2. The Kier molecular flexibility index (Phi) is 17.8. The van der Waals surface area contributed by atoms with E-state index in [9.17, 15) is 32.4 Å². The lowest BCUT2D eigenvalue weighted by Crippen LogP contribution is -2.65. The highest BCUT2D eigenvalue weighted by Gasteiger charge is 2.47. The van der Waals surface area contributed by atoms with E-state index in [1.54, 1.807) is 54.6 Å². The lowest BCUT2D eigenvalue weighted by molar-refractivity contribution is -0.147. The molecular formula is C62H70N4O8S. The standard InChI is InChI=1S/C24H25NO3.C22H24N2O2.C16H21NO3S/c1-3-13-24(2)14-8-15-25(22(24)26)23(27)28-16-21-19-11-6-4-9-17(19)18-10-5-7-12-20(18)21;1-3-14-22(2)21(26)24(20(25)19-12-8-5-9-13-19)16-15-23(22)17-18-10-6-4-7-11-18;1-4-10-16(3)11-5-12-17(15(16)18)21(19,20)14-8-6-13(2)7-9-14/h3-7,9-12,21H,1,8,13-16H2,2H3;3-13H,1,14-17H2,2H3;4,6-9H,1,5,10-12H2,2-3H3/t24-;22-;16-/m101/s1. The maximum absolute atomic E-state index is 13.3. The third kappa shape index (κ3) is 12.0. The number of imide groups is 2. The molecule has 5 amide bonds. The van der Waals surface area contributed by atoms with Gasteiger partial charge < -0.3 is 4.74 Å². The summed E-state index contributed by atoms with van der Waals surface area (Å²) in [6, 6.07) is 42.1. The van der Waals surface area contributed by atoms with Gasteiger partial charge in [-0.25, -0.2) is 22.4 Å². The number of hydrogen-bond donors (Lipinski definition) is 0. The quantitative estimate of drug-likeness (QED) is 0.0832. The molecule has 5 aromatic rings. The lowest BCUT2D eigenvalue weighted by Gasteiger charge is -2.46. The first-order valence-corrected chi connectivity index (χ1v) is 27.2. The Balaban J connectivity index is 0.000000166. The van der Waals surface area contributed by atoms with Gasteiger partial charge in [0, 0.05) is 44.2 Å². The summed E-state index contributed by atoms with van der Waals surface area (Å²) in [7, 11) is -3.77. The second-order valence-electron chi connectivity index (χ2n) is 20.6. The van der Waals surface area contributed by atoms with Crippen LogP contribution in [0.3, 0.4) is 0 Å². The molecule has 0 spiro atoms. The molecule has 392 valence electrons. The number of benzene rings is 5. The predicted octanol–water partition coefficient (Wildman–Crippen LogP) is 11.5. The fourth-order valence-electron chi connectivity index (χ4n) is 10.7. The van der Waals surface area contributed by atoms with Gasteiger partial charge in [-0.05, 0) is 111 Å². The molecule has 5 aromatic carbocycles. The van der Waals surface area contributed by atoms with Crippen LogP contribution in [0.4, 0.5) is 4.79 Å². The molecule has 9 rings (SSSR count). The third-order valence-electron chi connectivity index (χ3n) is 15.1. The number of ether oxygens (including phenoxy) is 1. The van der Waals surface area contributed by atoms with Crippen molar-refractivity contribution in [1.29, 1.82) is 0 Å². The number of likely N-dealkylation sites (tertiary alicyclic amines) is 1. The fraction of sp³-hybridized carbons (Fsp3) is 0.339. The topological polar surface area (TPSA) is 142 Å². The molecule has 0 unspecified atom stereocenters. The highest BCUT2D eigenvalue weighted by molar-refractivity contribution is 7.89. The number of hydrogen-bond acceptors (Lipinski definition) is 9. The van der Waals surface area contributed by atoms with Crippen molar-refractivity contribution in [3.63, 3.8) is 0 Å². The van der Waals surface area contributed by atoms with Crippen molar-refractivity contribution in [2.24, 2.45) is 10.8 Å². The maximum Gasteiger partial charge on any atom is 0.416 e. The van der Waals surface area contributed by atoms with Crippen molar-refractivity contribution >= 4 is 39.7 Å². The van der Waals surface area contributed by atoms with Crippen molar-refractivity contribution in [1.82, 2.24) is 19.0 Å². The number of carbonyl (C=O) groups is 5. The number of sulfonamides is 1. The van der Waals surface area contributed by atoms with Crippen LogP contribution in [0.2, 0.25) is 0 Å². The van der Waals surface area contributed by atoms with E-state index in [0.717, 1.165) is 39.4 Å². The summed E-state index contributed by atoms with van der Waals surface area (Å²) in [5.41, 5.74) is 5.37. The molecule has 1 aliphatic carbocycles. The van der Waals surface area contributed by atoms with E-state index in [2.05, 4.69) is 61.0 Å². The van der Waals surface area contributed by atoms with Gasteiger partial charge in [-0.15, -0.1) is 19.7 Å². The normalized spacial score (nSPS) is 21.6. The summed E-state index contributed by atoms with van der Waals surface area (Å²) >= 11 is 0. The number of rotatable bonds is 13. The number of amides is 5. The summed E-state index contributed by atoms with van der Waals surface area (Å²) in [5, 5.41) is 0. The average Bonchev–Trinajstić information content (AvgIpc) is 3.73. The number of piperazine rings is 1. The zero-order chi connectivity index (χ0) is 54.0. The van der Waals surface area contributed by atoms with E-state index in [1.165, 1.54) is 20.9 Å². The number of piperidine rings is 2. The summed E-state index contributed by atoms with van der Waals surface area (Å²) in [4.78, 5) is 69.3. The Morgan fingerprint density at radius 2 is 1.13 bits per heavy atom. The summed E-state index contributed by atoms with van der Waals surface area (Å²) < 4.78 is 32.1. The maximum atomic E-state index is 13.3. The minimum atomic E-state index is -3.77. The molecule has 3 heterocycles. The van der Waals surface area contributed by atoms with Crippen molar-refractivity contribution < 1.29 is 37.1 Å². The highest BCUT2D eigenvalue weighted by atomic mass is 32.2.